The Hall–Kier alpha value is -10.2. The van der Waals surface area contributed by atoms with Gasteiger partial charge < -0.3 is 0 Å². The van der Waals surface area contributed by atoms with Gasteiger partial charge >= 0.3 is 562 Å². The summed E-state index contributed by atoms with van der Waals surface area (Å²) in [7, 11) is 0. The maximum atomic E-state index is 5.26. The van der Waals surface area contributed by atoms with Crippen LogP contribution in [0.2, 0.25) is 0 Å². The maximum absolute atomic E-state index is 5.26. The molecule has 0 unspecified atom stereocenters. The average Bonchev–Trinajstić information content (AvgIpc) is 0.690. The van der Waals surface area contributed by atoms with Crippen LogP contribution in [0.5, 0.6) is 0 Å². The molecule has 12 aromatic carbocycles. The third-order valence-electron chi connectivity index (χ3n) is 18.4. The summed E-state index contributed by atoms with van der Waals surface area (Å²) in [6.45, 7) is -0.196. The van der Waals surface area contributed by atoms with Crippen LogP contribution in [-0.4, -0.2) is 65.2 Å². The number of rotatable bonds is 11. The quantitative estimate of drug-likeness (QED) is 0.120. The number of benzene rings is 12. The van der Waals surface area contributed by atoms with Crippen molar-refractivity contribution in [3.05, 3.63) is 328 Å². The van der Waals surface area contributed by atoms with Gasteiger partial charge in [-0.05, 0) is 0 Å². The molecule has 6 heterocycles. The fraction of sp³-hybridized carbons (Fsp3) is 0. The van der Waals surface area contributed by atoms with Gasteiger partial charge in [-0.15, -0.1) is 0 Å². The molecule has 0 N–H and O–H groups in total. The van der Waals surface area contributed by atoms with E-state index in [0.717, 1.165) is 68.0 Å². The average molecular weight is 1400 g/mol. The Morgan fingerprint density at radius 1 is 0.283 bits per heavy atom. The van der Waals surface area contributed by atoms with Crippen LogP contribution in [0.1, 0.15) is 0 Å². The number of hydrogen-bond donors (Lipinski definition) is 0. The molecular weight excluding hydrogens is 1350 g/mol. The number of nitrogens with zero attached hydrogens (tertiary/aromatic N) is 6. The monoisotopic (exact) mass is 1400 g/mol. The molecule has 0 atom stereocenters. The van der Waals surface area contributed by atoms with Gasteiger partial charge in [0.25, 0.3) is 0 Å². The Kier molecular flexibility index (Phi) is 13.7. The van der Waals surface area contributed by atoms with Gasteiger partial charge in [-0.25, -0.2) is 0 Å². The standard InChI is InChI=1S/C82H54B2N6Te2/c1-7-28-55(29-8-1)87(56-30-9-2-10-31-56)61-50-73-79-75(52-61)91-81-67(83(79)65-42-19-21-46-71(65)89(73)59-36-15-5-16-37-59)54-68-82(78(81)77-63(69-44-23-25-48-85-69)40-27-41-64(77)70-45-24-26-49-86-70)92-76-53-62(88(57-32-11-3-12-33-57)58-34-13-4-14-35-58)51-74-80(76)84(68)66-43-20-22-47-72(66)90(74)60-38-17-6-18-39-60/h1-54H. The molecule has 0 amide bonds. The first kappa shape index (κ1) is 54.8. The van der Waals surface area contributed by atoms with E-state index < -0.39 is 41.8 Å². The fourth-order valence-corrected chi connectivity index (χ4v) is 22.9. The predicted molar refractivity (Wildman–Crippen MR) is 389 cm³/mol. The van der Waals surface area contributed by atoms with Gasteiger partial charge in [0.1, 0.15) is 0 Å². The summed E-state index contributed by atoms with van der Waals surface area (Å²) in [5.41, 5.74) is 28.8. The number of para-hydroxylation sites is 8. The summed E-state index contributed by atoms with van der Waals surface area (Å²) >= 11 is -2.55. The topological polar surface area (TPSA) is 38.7 Å². The Balaban J connectivity index is 0.984. The molecule has 0 aliphatic carbocycles. The summed E-state index contributed by atoms with van der Waals surface area (Å²) in [6, 6.07) is 117. The minimum absolute atomic E-state index is 0.0980. The van der Waals surface area contributed by atoms with Gasteiger partial charge in [0.15, 0.2) is 0 Å². The van der Waals surface area contributed by atoms with Crippen molar-refractivity contribution < 1.29 is 0 Å². The number of aromatic nitrogens is 2. The third-order valence-corrected chi connectivity index (χ3v) is 25.2. The van der Waals surface area contributed by atoms with E-state index in [-0.39, 0.29) is 13.4 Å². The van der Waals surface area contributed by atoms with E-state index in [4.69, 9.17) is 9.97 Å². The molecule has 10 heteroatoms. The van der Waals surface area contributed by atoms with Gasteiger partial charge in [0, 0.05) is 0 Å². The van der Waals surface area contributed by atoms with Crippen LogP contribution in [0.25, 0.3) is 33.6 Å². The van der Waals surface area contributed by atoms with Gasteiger partial charge in [-0.3, -0.25) is 0 Å². The van der Waals surface area contributed by atoms with E-state index in [1.165, 1.54) is 81.1 Å². The molecule has 430 valence electrons. The fourth-order valence-electron chi connectivity index (χ4n) is 14.7. The molecule has 4 aliphatic heterocycles. The second-order valence-corrected chi connectivity index (χ2v) is 29.5. The van der Waals surface area contributed by atoms with Gasteiger partial charge in [0.2, 0.25) is 0 Å². The number of fused-ring (bicyclic) bond motifs is 8. The van der Waals surface area contributed by atoms with Crippen LogP contribution in [0.15, 0.2) is 328 Å². The van der Waals surface area contributed by atoms with Gasteiger partial charge in [-0.2, -0.15) is 0 Å². The molecule has 0 saturated heterocycles. The van der Waals surface area contributed by atoms with Crippen LogP contribution in [0.3, 0.4) is 0 Å². The second kappa shape index (κ2) is 23.0. The van der Waals surface area contributed by atoms with Crippen molar-refractivity contribution in [2.75, 3.05) is 19.6 Å². The molecule has 14 aromatic rings. The van der Waals surface area contributed by atoms with E-state index in [9.17, 15) is 0 Å². The van der Waals surface area contributed by atoms with E-state index >= 15 is 0 Å². The first-order valence-corrected chi connectivity index (χ1v) is 35.9. The Bertz CT molecular complexity index is 4740. The Morgan fingerprint density at radius 3 is 1.02 bits per heavy atom. The molecular formula is C82H54B2N6Te2. The van der Waals surface area contributed by atoms with E-state index in [2.05, 4.69) is 323 Å². The zero-order valence-corrected chi connectivity index (χ0v) is 54.5. The number of anilines is 12. The van der Waals surface area contributed by atoms with E-state index in [1.807, 2.05) is 24.5 Å². The summed E-state index contributed by atoms with van der Waals surface area (Å²) in [5, 5.41) is 0. The van der Waals surface area contributed by atoms with Crippen LogP contribution in [0.4, 0.5) is 68.2 Å². The summed E-state index contributed by atoms with van der Waals surface area (Å²) in [4.78, 5) is 20.6. The van der Waals surface area contributed by atoms with Crippen molar-refractivity contribution in [2.45, 2.75) is 0 Å². The Labute approximate surface area is 557 Å². The molecule has 0 spiro atoms. The van der Waals surface area contributed by atoms with Gasteiger partial charge in [-0.1, -0.05) is 0 Å². The minimum atomic E-state index is -1.28. The van der Waals surface area contributed by atoms with Crippen LogP contribution < -0.4 is 66.8 Å². The summed E-state index contributed by atoms with van der Waals surface area (Å²) in [6.07, 6.45) is 3.91. The van der Waals surface area contributed by atoms with Gasteiger partial charge in [0.05, 0.1) is 0 Å². The van der Waals surface area contributed by atoms with Crippen molar-refractivity contribution in [1.29, 1.82) is 0 Å². The molecule has 0 saturated carbocycles. The van der Waals surface area contributed by atoms with E-state index in [1.54, 1.807) is 0 Å². The van der Waals surface area contributed by atoms with Crippen LogP contribution in [0, 0.1) is 0 Å². The van der Waals surface area contributed by atoms with Crippen molar-refractivity contribution in [3.8, 4) is 33.6 Å². The molecule has 2 aromatic heterocycles. The molecule has 0 bridgehead atoms. The van der Waals surface area contributed by atoms with E-state index in [0.29, 0.717) is 0 Å². The first-order chi connectivity index (χ1) is 45.7. The molecule has 0 radical (unpaired) electrons. The van der Waals surface area contributed by atoms with Crippen molar-refractivity contribution in [3.63, 3.8) is 0 Å². The first-order valence-electron chi connectivity index (χ1n) is 31.3. The van der Waals surface area contributed by atoms with Crippen molar-refractivity contribution >= 4 is 171 Å². The summed E-state index contributed by atoms with van der Waals surface area (Å²) in [5.74, 6) is 0. The zero-order chi connectivity index (χ0) is 60.6. The van der Waals surface area contributed by atoms with Crippen LogP contribution in [-0.2, 0) is 0 Å². The molecule has 4 aliphatic rings. The van der Waals surface area contributed by atoms with Crippen molar-refractivity contribution in [1.82, 2.24) is 9.97 Å². The number of pyridine rings is 2. The molecule has 18 rings (SSSR count). The van der Waals surface area contributed by atoms with Crippen molar-refractivity contribution in [2.24, 2.45) is 0 Å². The zero-order valence-electron chi connectivity index (χ0n) is 49.8. The summed E-state index contributed by atoms with van der Waals surface area (Å²) < 4.78 is 5.85. The van der Waals surface area contributed by atoms with Crippen LogP contribution >= 0.6 is 0 Å². The SMILES string of the molecule is c1ccc(N(c2ccccc2)c2cc3c4c(c2)N(c2ccccc2)c2ccccc2B4c2cc4c(c(-c5c(-c6ccccn6)cccc5-c5ccccn5)c2[Te]3)[Te]c2cc(N(c3ccccc3)c3ccccc3)cc3c2B4c2ccccc2N3c2ccccc2)cc1. The Morgan fingerprint density at radius 2 is 0.641 bits per heavy atom. The second-order valence-electron chi connectivity index (χ2n) is 23.5. The third kappa shape index (κ3) is 9.08. The normalized spacial score (nSPS) is 12.8. The molecule has 0 fully saturated rings. The molecule has 6 nitrogen and oxygen atoms in total. The number of hydrogen-bond acceptors (Lipinski definition) is 6. The predicted octanol–water partition coefficient (Wildman–Crippen LogP) is 13.0. The molecule has 92 heavy (non-hydrogen) atoms.